The average Bonchev–Trinajstić information content (AvgIpc) is 3.30. The van der Waals surface area contributed by atoms with Crippen molar-refractivity contribution in [2.75, 3.05) is 19.8 Å². The Morgan fingerprint density at radius 2 is 2.10 bits per heavy atom. The van der Waals surface area contributed by atoms with E-state index in [0.717, 1.165) is 34.4 Å². The van der Waals surface area contributed by atoms with E-state index in [9.17, 15) is 9.18 Å². The predicted octanol–water partition coefficient (Wildman–Crippen LogP) is 4.07. The maximum atomic E-state index is 13.3. The fourth-order valence-electron chi connectivity index (χ4n) is 3.67. The maximum absolute atomic E-state index is 13.3. The van der Waals surface area contributed by atoms with Crippen molar-refractivity contribution in [1.29, 1.82) is 5.26 Å². The molecular weight excluding hydrogens is 391 g/mol. The molecule has 0 unspecified atom stereocenters. The van der Waals surface area contributed by atoms with Crippen molar-refractivity contribution in [3.05, 3.63) is 46.7 Å². The summed E-state index contributed by atoms with van der Waals surface area (Å²) in [6.45, 7) is 3.57. The Labute approximate surface area is 172 Å². The van der Waals surface area contributed by atoms with E-state index in [1.165, 1.54) is 23.5 Å². The second kappa shape index (κ2) is 8.31. The first kappa shape index (κ1) is 19.6. The first-order valence-electron chi connectivity index (χ1n) is 9.59. The smallest absolute Gasteiger partial charge is 0.264 e. The second-order valence-electron chi connectivity index (χ2n) is 7.05. The summed E-state index contributed by atoms with van der Waals surface area (Å²) in [5.74, 6) is -0.362. The fourth-order valence-corrected chi connectivity index (χ4v) is 4.81. The zero-order valence-electron chi connectivity index (χ0n) is 16.1. The van der Waals surface area contributed by atoms with Gasteiger partial charge < -0.3 is 9.64 Å². The Hall–Kier alpha value is -2.76. The molecule has 0 aliphatic carbocycles. The number of hydrogen-bond donors (Lipinski definition) is 0. The zero-order chi connectivity index (χ0) is 20.4. The molecular formula is C21H21FN4O2S. The van der Waals surface area contributed by atoms with Crippen LogP contribution >= 0.6 is 11.3 Å². The number of carbonyl (C=O) groups excluding carboxylic acids is 1. The lowest BCUT2D eigenvalue weighted by Gasteiger charge is -2.33. The number of fused-ring (bicyclic) bond motifs is 1. The summed E-state index contributed by atoms with van der Waals surface area (Å²) in [5.41, 5.74) is 1.56. The van der Waals surface area contributed by atoms with Gasteiger partial charge in [0.25, 0.3) is 5.91 Å². The third kappa shape index (κ3) is 3.88. The van der Waals surface area contributed by atoms with Gasteiger partial charge in [-0.1, -0.05) is 0 Å². The molecule has 3 aromatic rings. The van der Waals surface area contributed by atoms with Crippen LogP contribution in [0, 0.1) is 24.1 Å². The van der Waals surface area contributed by atoms with Crippen molar-refractivity contribution in [2.45, 2.75) is 32.2 Å². The molecule has 4 rings (SSSR count). The number of ether oxygens (including phenoxy) is 1. The minimum absolute atomic E-state index is 0.0570. The maximum Gasteiger partial charge on any atom is 0.264 e. The average molecular weight is 412 g/mol. The number of carbonyl (C=O) groups is 1. The van der Waals surface area contributed by atoms with E-state index < -0.39 is 0 Å². The van der Waals surface area contributed by atoms with Crippen molar-refractivity contribution in [3.63, 3.8) is 0 Å². The molecule has 0 N–H and O–H groups in total. The van der Waals surface area contributed by atoms with Gasteiger partial charge in [0.1, 0.15) is 10.6 Å². The molecule has 2 aromatic heterocycles. The third-order valence-electron chi connectivity index (χ3n) is 5.18. The standard InChI is InChI=1S/C21H21FN4O2S/c1-14-18-13-19(20(27)25(10-2-9-23)16-7-11-28-12-8-16)29-21(18)26(24-14)17-5-3-15(22)4-6-17/h3-6,13,16H,2,7-8,10-12H2,1H3. The number of amides is 1. The molecule has 3 heterocycles. The van der Waals surface area contributed by atoms with Gasteiger partial charge in [0, 0.05) is 31.2 Å². The van der Waals surface area contributed by atoms with Crippen molar-refractivity contribution < 1.29 is 13.9 Å². The van der Waals surface area contributed by atoms with Gasteiger partial charge in [-0.3, -0.25) is 4.79 Å². The highest BCUT2D eigenvalue weighted by Gasteiger charge is 2.28. The summed E-state index contributed by atoms with van der Waals surface area (Å²) in [6, 6.07) is 10.2. The second-order valence-corrected chi connectivity index (χ2v) is 8.08. The van der Waals surface area contributed by atoms with E-state index in [2.05, 4.69) is 11.2 Å². The van der Waals surface area contributed by atoms with Crippen LogP contribution < -0.4 is 0 Å². The Morgan fingerprint density at radius 1 is 1.38 bits per heavy atom. The van der Waals surface area contributed by atoms with Gasteiger partial charge in [-0.05, 0) is 50.1 Å². The van der Waals surface area contributed by atoms with Gasteiger partial charge in [0.2, 0.25) is 0 Å². The molecule has 0 spiro atoms. The highest BCUT2D eigenvalue weighted by Crippen LogP contribution is 2.32. The first-order chi connectivity index (χ1) is 14.1. The van der Waals surface area contributed by atoms with Crippen molar-refractivity contribution >= 4 is 27.5 Å². The largest absolute Gasteiger partial charge is 0.381 e. The van der Waals surface area contributed by atoms with Crippen LogP contribution in [0.4, 0.5) is 4.39 Å². The van der Waals surface area contributed by atoms with Crippen LogP contribution in [-0.2, 0) is 4.74 Å². The molecule has 0 radical (unpaired) electrons. The van der Waals surface area contributed by atoms with Crippen LogP contribution in [0.2, 0.25) is 0 Å². The minimum atomic E-state index is -0.305. The first-order valence-corrected chi connectivity index (χ1v) is 10.4. The molecule has 1 aromatic carbocycles. The van der Waals surface area contributed by atoms with Crippen LogP contribution in [-0.4, -0.2) is 46.4 Å². The minimum Gasteiger partial charge on any atom is -0.381 e. The van der Waals surface area contributed by atoms with Gasteiger partial charge >= 0.3 is 0 Å². The van der Waals surface area contributed by atoms with Crippen LogP contribution in [0.25, 0.3) is 15.9 Å². The van der Waals surface area contributed by atoms with Gasteiger partial charge in [0.05, 0.1) is 28.7 Å². The number of hydrogen-bond acceptors (Lipinski definition) is 5. The topological polar surface area (TPSA) is 71.2 Å². The summed E-state index contributed by atoms with van der Waals surface area (Å²) < 4.78 is 20.5. The SMILES string of the molecule is Cc1nn(-c2ccc(F)cc2)c2sc(C(=O)N(CCC#N)C3CCOCC3)cc12. The molecule has 0 atom stereocenters. The number of aromatic nitrogens is 2. The lowest BCUT2D eigenvalue weighted by molar-refractivity contribution is 0.0299. The molecule has 1 amide bonds. The van der Waals surface area contributed by atoms with Crippen molar-refractivity contribution in [3.8, 4) is 11.8 Å². The lowest BCUT2D eigenvalue weighted by Crippen LogP contribution is -2.43. The summed E-state index contributed by atoms with van der Waals surface area (Å²) in [5, 5.41) is 14.5. The molecule has 1 aliphatic rings. The summed E-state index contributed by atoms with van der Waals surface area (Å²) in [6.07, 6.45) is 1.87. The Morgan fingerprint density at radius 3 is 2.79 bits per heavy atom. The summed E-state index contributed by atoms with van der Waals surface area (Å²) in [4.78, 5) is 16.6. The van der Waals surface area contributed by atoms with Crippen molar-refractivity contribution in [2.24, 2.45) is 0 Å². The molecule has 6 nitrogen and oxygen atoms in total. The summed E-state index contributed by atoms with van der Waals surface area (Å²) in [7, 11) is 0. The van der Waals surface area contributed by atoms with E-state index in [1.54, 1.807) is 16.8 Å². The van der Waals surface area contributed by atoms with E-state index in [1.807, 2.05) is 17.9 Å². The molecule has 1 fully saturated rings. The fraction of sp³-hybridized carbons (Fsp3) is 0.381. The monoisotopic (exact) mass is 412 g/mol. The van der Waals surface area contributed by atoms with Crippen LogP contribution in [0.15, 0.2) is 30.3 Å². The van der Waals surface area contributed by atoms with Gasteiger partial charge in [-0.2, -0.15) is 10.4 Å². The molecule has 29 heavy (non-hydrogen) atoms. The highest BCUT2D eigenvalue weighted by molar-refractivity contribution is 7.20. The molecule has 1 saturated heterocycles. The number of nitrogens with zero attached hydrogens (tertiary/aromatic N) is 4. The number of nitriles is 1. The van der Waals surface area contributed by atoms with Crippen LogP contribution in [0.1, 0.15) is 34.6 Å². The lowest BCUT2D eigenvalue weighted by atomic mass is 10.1. The number of thiophene rings is 1. The van der Waals surface area contributed by atoms with E-state index in [-0.39, 0.29) is 17.8 Å². The predicted molar refractivity (Wildman–Crippen MR) is 109 cm³/mol. The van der Waals surface area contributed by atoms with E-state index in [4.69, 9.17) is 10.00 Å². The molecule has 1 aliphatic heterocycles. The van der Waals surface area contributed by atoms with Gasteiger partial charge in [-0.15, -0.1) is 11.3 Å². The Balaban J connectivity index is 1.69. The van der Waals surface area contributed by atoms with Gasteiger partial charge in [-0.25, -0.2) is 9.07 Å². The number of benzene rings is 1. The third-order valence-corrected chi connectivity index (χ3v) is 6.28. The Bertz CT molecular complexity index is 1060. The number of rotatable bonds is 5. The van der Waals surface area contributed by atoms with Crippen LogP contribution in [0.5, 0.6) is 0 Å². The molecule has 150 valence electrons. The Kier molecular flexibility index (Phi) is 5.60. The quantitative estimate of drug-likeness (QED) is 0.633. The molecule has 0 saturated carbocycles. The molecule has 0 bridgehead atoms. The summed E-state index contributed by atoms with van der Waals surface area (Å²) >= 11 is 1.38. The number of halogens is 1. The van der Waals surface area contributed by atoms with Crippen LogP contribution in [0.3, 0.4) is 0 Å². The van der Waals surface area contributed by atoms with Crippen molar-refractivity contribution in [1.82, 2.24) is 14.7 Å². The normalized spacial score (nSPS) is 14.8. The molecule has 8 heteroatoms. The number of aryl methyl sites for hydroxylation is 1. The zero-order valence-corrected chi connectivity index (χ0v) is 16.9. The van der Waals surface area contributed by atoms with E-state index in [0.29, 0.717) is 31.1 Å². The van der Waals surface area contributed by atoms with Gasteiger partial charge in [0.15, 0.2) is 0 Å². The van der Waals surface area contributed by atoms with E-state index >= 15 is 0 Å². The highest BCUT2D eigenvalue weighted by atomic mass is 32.1.